The second-order valence-electron chi connectivity index (χ2n) is 7.64. The highest BCUT2D eigenvalue weighted by Gasteiger charge is 2.27. The predicted octanol–water partition coefficient (Wildman–Crippen LogP) is 3.36. The third kappa shape index (κ3) is 4.77. The molecule has 4 rings (SSSR count). The van der Waals surface area contributed by atoms with Gasteiger partial charge in [0.1, 0.15) is 5.82 Å². The molecule has 2 aromatic rings. The van der Waals surface area contributed by atoms with Crippen LogP contribution in [0.5, 0.6) is 0 Å². The summed E-state index contributed by atoms with van der Waals surface area (Å²) in [6, 6.07) is 11.5. The van der Waals surface area contributed by atoms with Gasteiger partial charge >= 0.3 is 0 Å². The molecule has 0 aliphatic carbocycles. The van der Waals surface area contributed by atoms with Crippen molar-refractivity contribution in [1.29, 1.82) is 0 Å². The number of rotatable bonds is 5. The van der Waals surface area contributed by atoms with Crippen molar-refractivity contribution in [2.24, 2.45) is 5.92 Å². The highest BCUT2D eigenvalue weighted by Crippen LogP contribution is 2.28. The van der Waals surface area contributed by atoms with E-state index in [1.54, 1.807) is 12.1 Å². The number of nitrogens with zero attached hydrogens (tertiary/aromatic N) is 3. The van der Waals surface area contributed by atoms with Crippen LogP contribution >= 0.6 is 11.6 Å². The molecule has 3 heterocycles. The second-order valence-corrected chi connectivity index (χ2v) is 8.08. The number of hydrogen-bond donors (Lipinski definition) is 1. The van der Waals surface area contributed by atoms with Gasteiger partial charge in [-0.1, -0.05) is 29.8 Å². The molecule has 0 bridgehead atoms. The maximum Gasteiger partial charge on any atom is 0.228 e. The van der Waals surface area contributed by atoms with Gasteiger partial charge < -0.3 is 15.1 Å². The number of amides is 2. The number of nitrogens with one attached hydrogen (secondary N) is 1. The van der Waals surface area contributed by atoms with E-state index in [1.807, 2.05) is 23.1 Å². The smallest absolute Gasteiger partial charge is 0.228 e. The molecule has 1 aromatic heterocycles. The summed E-state index contributed by atoms with van der Waals surface area (Å²) in [6.07, 6.45) is 4.56. The molecule has 0 radical (unpaired) electrons. The van der Waals surface area contributed by atoms with Gasteiger partial charge in [-0.25, -0.2) is 4.98 Å². The Balaban J connectivity index is 1.21. The fraction of sp³-hybridized carbons (Fsp3) is 0.409. The summed E-state index contributed by atoms with van der Waals surface area (Å²) >= 11 is 5.82. The van der Waals surface area contributed by atoms with Crippen molar-refractivity contribution in [3.05, 3.63) is 53.2 Å². The summed E-state index contributed by atoms with van der Waals surface area (Å²) < 4.78 is 0. The van der Waals surface area contributed by atoms with Gasteiger partial charge in [0.2, 0.25) is 11.8 Å². The standard InChI is InChI=1S/C22H25ClN4O2/c23-18-5-6-20(24-15-18)25-22(29)17-7-11-26(12-8-17)13-10-21(28)27-14-9-16-3-1-2-4-19(16)27/h1-6,15,17H,7-14H2,(H,24,25,29). The maximum absolute atomic E-state index is 12.7. The Bertz CT molecular complexity index is 879. The van der Waals surface area contributed by atoms with E-state index >= 15 is 0 Å². The fourth-order valence-corrected chi connectivity index (χ4v) is 4.19. The first-order valence-corrected chi connectivity index (χ1v) is 10.5. The van der Waals surface area contributed by atoms with Crippen LogP contribution in [0.3, 0.4) is 0 Å². The highest BCUT2D eigenvalue weighted by atomic mass is 35.5. The zero-order valence-corrected chi connectivity index (χ0v) is 17.1. The van der Waals surface area contributed by atoms with Gasteiger partial charge in [0.15, 0.2) is 0 Å². The van der Waals surface area contributed by atoms with Crippen LogP contribution in [-0.2, 0) is 16.0 Å². The van der Waals surface area contributed by atoms with Crippen LogP contribution in [0.4, 0.5) is 11.5 Å². The number of para-hydroxylation sites is 1. The minimum absolute atomic E-state index is 0.00391. The van der Waals surface area contributed by atoms with E-state index in [2.05, 4.69) is 21.3 Å². The van der Waals surface area contributed by atoms with Crippen LogP contribution in [0.25, 0.3) is 0 Å². The topological polar surface area (TPSA) is 65.5 Å². The Kier molecular flexibility index (Phi) is 6.11. The third-order valence-electron chi connectivity index (χ3n) is 5.77. The summed E-state index contributed by atoms with van der Waals surface area (Å²) in [4.78, 5) is 33.4. The van der Waals surface area contributed by atoms with Crippen LogP contribution < -0.4 is 10.2 Å². The normalized spacial score (nSPS) is 17.2. The van der Waals surface area contributed by atoms with Crippen molar-refractivity contribution < 1.29 is 9.59 Å². The summed E-state index contributed by atoms with van der Waals surface area (Å²) in [5, 5.41) is 3.41. The quantitative estimate of drug-likeness (QED) is 0.817. The number of carbonyl (C=O) groups excluding carboxylic acids is 2. The van der Waals surface area contributed by atoms with E-state index in [0.717, 1.165) is 51.1 Å². The van der Waals surface area contributed by atoms with Gasteiger partial charge in [-0.2, -0.15) is 0 Å². The molecule has 1 fully saturated rings. The van der Waals surface area contributed by atoms with Crippen LogP contribution in [0, 0.1) is 5.92 Å². The van der Waals surface area contributed by atoms with Crippen molar-refractivity contribution in [3.63, 3.8) is 0 Å². The molecule has 2 amide bonds. The van der Waals surface area contributed by atoms with Crippen LogP contribution in [0.15, 0.2) is 42.6 Å². The Morgan fingerprint density at radius 1 is 1.10 bits per heavy atom. The average molecular weight is 413 g/mol. The third-order valence-corrected chi connectivity index (χ3v) is 5.99. The fourth-order valence-electron chi connectivity index (χ4n) is 4.08. The molecule has 6 nitrogen and oxygen atoms in total. The van der Waals surface area contributed by atoms with Crippen molar-refractivity contribution in [2.75, 3.05) is 36.4 Å². The Hall–Kier alpha value is -2.44. The van der Waals surface area contributed by atoms with Crippen LogP contribution in [0.2, 0.25) is 5.02 Å². The van der Waals surface area contributed by atoms with Crippen molar-refractivity contribution in [2.45, 2.75) is 25.7 Å². The summed E-state index contributed by atoms with van der Waals surface area (Å²) in [7, 11) is 0. The molecular formula is C22H25ClN4O2. The van der Waals surface area contributed by atoms with E-state index in [0.29, 0.717) is 17.3 Å². The lowest BCUT2D eigenvalue weighted by atomic mass is 9.96. The lowest BCUT2D eigenvalue weighted by Crippen LogP contribution is -2.40. The van der Waals surface area contributed by atoms with E-state index in [4.69, 9.17) is 11.6 Å². The van der Waals surface area contributed by atoms with Gasteiger partial charge in [0.05, 0.1) is 5.02 Å². The van der Waals surface area contributed by atoms with Gasteiger partial charge in [-0.3, -0.25) is 9.59 Å². The Morgan fingerprint density at radius 2 is 1.90 bits per heavy atom. The number of pyridine rings is 1. The monoisotopic (exact) mass is 412 g/mol. The summed E-state index contributed by atoms with van der Waals surface area (Å²) in [5.74, 6) is 0.691. The predicted molar refractivity (Wildman–Crippen MR) is 114 cm³/mol. The molecule has 0 unspecified atom stereocenters. The number of piperidine rings is 1. The van der Waals surface area contributed by atoms with Crippen molar-refractivity contribution in [1.82, 2.24) is 9.88 Å². The SMILES string of the molecule is O=C(Nc1ccc(Cl)cn1)C1CCN(CCC(=O)N2CCc3ccccc32)CC1. The number of aromatic nitrogens is 1. The van der Waals surface area contributed by atoms with Gasteiger partial charge in [-0.05, 0) is 56.1 Å². The highest BCUT2D eigenvalue weighted by molar-refractivity contribution is 6.30. The number of fused-ring (bicyclic) bond motifs is 1. The number of hydrogen-bond acceptors (Lipinski definition) is 4. The molecule has 7 heteroatoms. The molecular weight excluding hydrogens is 388 g/mol. The number of carbonyl (C=O) groups is 2. The van der Waals surface area contributed by atoms with Crippen molar-refractivity contribution >= 4 is 34.9 Å². The maximum atomic E-state index is 12.7. The number of halogens is 1. The van der Waals surface area contributed by atoms with Gasteiger partial charge in [0.25, 0.3) is 0 Å². The molecule has 0 atom stereocenters. The molecule has 1 N–H and O–H groups in total. The van der Waals surface area contributed by atoms with E-state index in [1.165, 1.54) is 11.8 Å². The van der Waals surface area contributed by atoms with Crippen LogP contribution in [-0.4, -0.2) is 47.9 Å². The van der Waals surface area contributed by atoms with Gasteiger partial charge in [0, 0.05) is 37.3 Å². The average Bonchev–Trinajstić information content (AvgIpc) is 3.18. The van der Waals surface area contributed by atoms with Gasteiger partial charge in [-0.15, -0.1) is 0 Å². The zero-order valence-electron chi connectivity index (χ0n) is 16.3. The largest absolute Gasteiger partial charge is 0.312 e. The first kappa shape index (κ1) is 19.9. The molecule has 1 aromatic carbocycles. The molecule has 2 aliphatic rings. The van der Waals surface area contributed by atoms with Crippen LogP contribution in [0.1, 0.15) is 24.8 Å². The minimum Gasteiger partial charge on any atom is -0.312 e. The van der Waals surface area contributed by atoms with E-state index < -0.39 is 0 Å². The lowest BCUT2D eigenvalue weighted by molar-refractivity contribution is -0.122. The molecule has 0 spiro atoms. The Morgan fingerprint density at radius 3 is 2.66 bits per heavy atom. The lowest BCUT2D eigenvalue weighted by Gasteiger charge is -2.31. The first-order valence-electron chi connectivity index (χ1n) is 10.1. The molecule has 2 aliphatic heterocycles. The molecule has 0 saturated carbocycles. The van der Waals surface area contributed by atoms with E-state index in [-0.39, 0.29) is 17.7 Å². The van der Waals surface area contributed by atoms with Crippen molar-refractivity contribution in [3.8, 4) is 0 Å². The zero-order chi connectivity index (χ0) is 20.2. The molecule has 152 valence electrons. The molecule has 1 saturated heterocycles. The summed E-state index contributed by atoms with van der Waals surface area (Å²) in [5.41, 5.74) is 2.31. The number of anilines is 2. The second kappa shape index (κ2) is 8.93. The van der Waals surface area contributed by atoms with E-state index in [9.17, 15) is 9.59 Å². The Labute approximate surface area is 175 Å². The molecule has 29 heavy (non-hydrogen) atoms. The number of likely N-dealkylation sites (tertiary alicyclic amines) is 1. The number of benzene rings is 1. The summed E-state index contributed by atoms with van der Waals surface area (Å²) in [6.45, 7) is 3.18. The minimum atomic E-state index is -0.0233. The first-order chi connectivity index (χ1) is 14.1.